The van der Waals surface area contributed by atoms with E-state index < -0.39 is 15.1 Å². The highest BCUT2D eigenvalue weighted by Crippen LogP contribution is 2.37. The fourth-order valence-electron chi connectivity index (χ4n) is 3.72. The minimum Gasteiger partial charge on any atom is -0.326 e. The molecule has 0 spiro atoms. The molecular weight excluding hydrogens is 468 g/mol. The molecule has 0 radical (unpaired) electrons. The number of carbonyl (C=O) groups excluding carboxylic acids is 2. The van der Waals surface area contributed by atoms with Gasteiger partial charge in [0.05, 0.1) is 10.1 Å². The Hall–Kier alpha value is -2.19. The van der Waals surface area contributed by atoms with Gasteiger partial charge in [0.2, 0.25) is 11.8 Å². The van der Waals surface area contributed by atoms with E-state index in [0.717, 1.165) is 28.6 Å². The van der Waals surface area contributed by atoms with E-state index >= 15 is 0 Å². The summed E-state index contributed by atoms with van der Waals surface area (Å²) in [6.07, 6.45) is 2.39. The molecule has 1 N–H and O–H groups in total. The van der Waals surface area contributed by atoms with Crippen LogP contribution in [0.15, 0.2) is 51.8 Å². The quantitative estimate of drug-likeness (QED) is 0.664. The lowest BCUT2D eigenvalue weighted by atomic mass is 10.2. The highest BCUT2D eigenvalue weighted by Gasteiger charge is 2.37. The molecule has 2 aromatic carbocycles. The maximum atomic E-state index is 13.0. The van der Waals surface area contributed by atoms with Crippen LogP contribution in [0.2, 0.25) is 0 Å². The lowest BCUT2D eigenvalue weighted by Gasteiger charge is -2.18. The third kappa shape index (κ3) is 4.30. The van der Waals surface area contributed by atoms with Crippen molar-refractivity contribution in [2.24, 2.45) is 5.92 Å². The number of nitrogens with one attached hydrogen (secondary N) is 1. The van der Waals surface area contributed by atoms with Crippen molar-refractivity contribution in [1.29, 1.82) is 0 Å². The Morgan fingerprint density at radius 2 is 1.97 bits per heavy atom. The minimum absolute atomic E-state index is 0.128. The van der Waals surface area contributed by atoms with Gasteiger partial charge >= 0.3 is 0 Å². The predicted molar refractivity (Wildman–Crippen MR) is 119 cm³/mol. The number of fused-ring (bicyclic) bond motifs is 1. The van der Waals surface area contributed by atoms with Gasteiger partial charge in [0.15, 0.2) is 9.84 Å². The first-order chi connectivity index (χ1) is 14.3. The summed E-state index contributed by atoms with van der Waals surface area (Å²) < 4.78 is 26.9. The van der Waals surface area contributed by atoms with Gasteiger partial charge in [0.1, 0.15) is 0 Å². The van der Waals surface area contributed by atoms with Crippen molar-refractivity contribution < 1.29 is 18.0 Å². The molecule has 1 saturated carbocycles. The first-order valence-electron chi connectivity index (χ1n) is 9.99. The Kier molecular flexibility index (Phi) is 5.72. The zero-order valence-electron chi connectivity index (χ0n) is 16.6. The van der Waals surface area contributed by atoms with Gasteiger partial charge in [0.25, 0.3) is 0 Å². The Bertz CT molecular complexity index is 1110. The van der Waals surface area contributed by atoms with E-state index in [4.69, 9.17) is 0 Å². The van der Waals surface area contributed by atoms with Crippen LogP contribution >= 0.6 is 15.9 Å². The number of hydrogen-bond acceptors (Lipinski definition) is 4. The molecular formula is C22H23BrN2O4S. The molecule has 1 heterocycles. The number of hydrogen-bond donors (Lipinski definition) is 1. The number of carbonyl (C=O) groups is 2. The second-order valence-electron chi connectivity index (χ2n) is 7.92. The largest absolute Gasteiger partial charge is 0.326 e. The van der Waals surface area contributed by atoms with Crippen molar-refractivity contribution >= 4 is 49.0 Å². The van der Waals surface area contributed by atoms with Crippen molar-refractivity contribution in [1.82, 2.24) is 0 Å². The van der Waals surface area contributed by atoms with Gasteiger partial charge in [-0.05, 0) is 68.1 Å². The molecule has 0 saturated heterocycles. The molecule has 1 aliphatic carbocycles. The zero-order chi connectivity index (χ0) is 21.5. The first-order valence-corrected chi connectivity index (χ1v) is 12.3. The summed E-state index contributed by atoms with van der Waals surface area (Å²) in [7, 11) is -3.67. The Morgan fingerprint density at radius 3 is 2.67 bits per heavy atom. The van der Waals surface area contributed by atoms with E-state index in [2.05, 4.69) is 21.2 Å². The van der Waals surface area contributed by atoms with E-state index in [0.29, 0.717) is 18.7 Å². The Labute approximate surface area is 184 Å². The summed E-state index contributed by atoms with van der Waals surface area (Å²) in [5.41, 5.74) is 2.29. The van der Waals surface area contributed by atoms with Crippen molar-refractivity contribution in [3.8, 4) is 0 Å². The molecule has 8 heteroatoms. The molecule has 2 aliphatic rings. The summed E-state index contributed by atoms with van der Waals surface area (Å²) in [5.74, 6) is -0.0865. The number of nitrogens with zero attached hydrogens (tertiary/aromatic N) is 1. The van der Waals surface area contributed by atoms with Gasteiger partial charge < -0.3 is 10.2 Å². The van der Waals surface area contributed by atoms with E-state index in [-0.39, 0.29) is 29.0 Å². The van der Waals surface area contributed by atoms with Crippen molar-refractivity contribution in [3.05, 3.63) is 52.5 Å². The smallest absolute Gasteiger partial charge is 0.230 e. The molecule has 4 rings (SSSR count). The maximum Gasteiger partial charge on any atom is 0.230 e. The minimum atomic E-state index is -3.67. The molecule has 1 atom stereocenters. The Morgan fingerprint density at radius 1 is 1.20 bits per heavy atom. The highest BCUT2D eigenvalue weighted by atomic mass is 79.9. The molecule has 0 aromatic heterocycles. The lowest BCUT2D eigenvalue weighted by Crippen LogP contribution is -2.30. The van der Waals surface area contributed by atoms with Gasteiger partial charge in [-0.25, -0.2) is 8.42 Å². The molecule has 1 fully saturated rings. The van der Waals surface area contributed by atoms with Gasteiger partial charge in [-0.15, -0.1) is 0 Å². The Balaban J connectivity index is 1.46. The predicted octanol–water partition coefficient (Wildman–Crippen LogP) is 3.94. The molecule has 6 nitrogen and oxygen atoms in total. The average Bonchev–Trinajstić information content (AvgIpc) is 3.46. The van der Waals surface area contributed by atoms with Gasteiger partial charge in [0, 0.05) is 34.7 Å². The monoisotopic (exact) mass is 490 g/mol. The molecule has 30 heavy (non-hydrogen) atoms. The van der Waals surface area contributed by atoms with Crippen LogP contribution in [0, 0.1) is 5.92 Å². The van der Waals surface area contributed by atoms with Crippen molar-refractivity contribution in [2.45, 2.75) is 42.8 Å². The summed E-state index contributed by atoms with van der Waals surface area (Å²) in [4.78, 5) is 26.7. The first kappa shape index (κ1) is 21.1. The normalized spacial score (nSPS) is 16.8. The SMILES string of the molecule is C[C@H](CC(=O)Nc1cccc(Br)c1)S(=O)(=O)c1ccc2c(c1)CCN2C(=O)C1CC1. The highest BCUT2D eigenvalue weighted by molar-refractivity contribution is 9.10. The van der Waals surface area contributed by atoms with Crippen LogP contribution in [-0.2, 0) is 25.8 Å². The zero-order valence-corrected chi connectivity index (χ0v) is 19.0. The van der Waals surface area contributed by atoms with Gasteiger partial charge in [-0.1, -0.05) is 22.0 Å². The molecule has 1 aliphatic heterocycles. The topological polar surface area (TPSA) is 83.6 Å². The van der Waals surface area contributed by atoms with Gasteiger partial charge in [-0.2, -0.15) is 0 Å². The van der Waals surface area contributed by atoms with Crippen LogP contribution in [-0.4, -0.2) is 32.0 Å². The summed E-state index contributed by atoms with van der Waals surface area (Å²) in [5, 5.41) is 1.87. The standard InChI is InChI=1S/C22H23BrN2O4S/c1-14(11-21(26)24-18-4-2-3-17(23)13-18)30(28,29)19-7-8-20-16(12-19)9-10-25(20)22(27)15-5-6-15/h2-4,7-8,12-15H,5-6,9-11H2,1H3,(H,24,26)/t14-/m1/s1. The summed E-state index contributed by atoms with van der Waals surface area (Å²) in [6.45, 7) is 2.14. The second-order valence-corrected chi connectivity index (χ2v) is 11.2. The third-order valence-electron chi connectivity index (χ3n) is 5.58. The van der Waals surface area contributed by atoms with E-state index in [1.54, 1.807) is 48.2 Å². The van der Waals surface area contributed by atoms with Crippen LogP contribution in [0.5, 0.6) is 0 Å². The van der Waals surface area contributed by atoms with Crippen molar-refractivity contribution in [2.75, 3.05) is 16.8 Å². The lowest BCUT2D eigenvalue weighted by molar-refractivity contribution is -0.119. The number of sulfone groups is 1. The maximum absolute atomic E-state index is 13.0. The fraction of sp³-hybridized carbons (Fsp3) is 0.364. The number of anilines is 2. The number of amides is 2. The number of rotatable bonds is 6. The van der Waals surface area contributed by atoms with E-state index in [1.807, 2.05) is 6.07 Å². The van der Waals surface area contributed by atoms with Crippen LogP contribution in [0.3, 0.4) is 0 Å². The fourth-order valence-corrected chi connectivity index (χ4v) is 5.51. The third-order valence-corrected chi connectivity index (χ3v) is 8.21. The summed E-state index contributed by atoms with van der Waals surface area (Å²) >= 11 is 3.34. The van der Waals surface area contributed by atoms with Crippen LogP contribution < -0.4 is 10.2 Å². The summed E-state index contributed by atoms with van der Waals surface area (Å²) in [6, 6.07) is 12.1. The van der Waals surface area contributed by atoms with Crippen LogP contribution in [0.1, 0.15) is 31.7 Å². The molecule has 2 aromatic rings. The molecule has 0 bridgehead atoms. The molecule has 2 amide bonds. The molecule has 0 unspecified atom stereocenters. The van der Waals surface area contributed by atoms with E-state index in [9.17, 15) is 18.0 Å². The van der Waals surface area contributed by atoms with Gasteiger partial charge in [-0.3, -0.25) is 9.59 Å². The number of benzene rings is 2. The van der Waals surface area contributed by atoms with Crippen molar-refractivity contribution in [3.63, 3.8) is 0 Å². The van der Waals surface area contributed by atoms with Crippen LogP contribution in [0.25, 0.3) is 0 Å². The average molecular weight is 491 g/mol. The second kappa shape index (κ2) is 8.15. The number of halogens is 1. The molecule has 158 valence electrons. The van der Waals surface area contributed by atoms with E-state index in [1.165, 1.54) is 0 Å². The van der Waals surface area contributed by atoms with Crippen LogP contribution in [0.4, 0.5) is 11.4 Å².